The first-order valence-electron chi connectivity index (χ1n) is 2.52. The zero-order valence-corrected chi connectivity index (χ0v) is 10.3. The van der Waals surface area contributed by atoms with Gasteiger partial charge in [-0.2, -0.15) is 0 Å². The van der Waals surface area contributed by atoms with Crippen LogP contribution in [0.3, 0.4) is 0 Å². The summed E-state index contributed by atoms with van der Waals surface area (Å²) in [7, 11) is 0. The van der Waals surface area contributed by atoms with E-state index in [4.69, 9.17) is 0 Å². The molecule has 0 fully saturated rings. The van der Waals surface area contributed by atoms with Crippen molar-refractivity contribution in [1.82, 2.24) is 0 Å². The highest BCUT2D eigenvalue weighted by Gasteiger charge is 2.13. The second kappa shape index (κ2) is 3.66. The molecule has 1 aromatic carbocycles. The Balaban J connectivity index is 3.46. The molecule has 0 aromatic heterocycles. The van der Waals surface area contributed by atoms with E-state index in [-0.39, 0.29) is 8.04 Å². The molecule has 0 heterocycles. The molecule has 0 saturated carbocycles. The molecule has 0 unspecified atom stereocenters. The van der Waals surface area contributed by atoms with Crippen LogP contribution in [0.1, 0.15) is 0 Å². The SMILES string of the molecule is Fc1c(I)cc(Br)c(Br)c1F. The van der Waals surface area contributed by atoms with Crippen LogP contribution in [-0.4, -0.2) is 0 Å². The monoisotopic (exact) mass is 396 g/mol. The smallest absolute Gasteiger partial charge is 0.175 e. The zero-order chi connectivity index (χ0) is 8.59. The molecule has 0 amide bonds. The largest absolute Gasteiger partial charge is 0.203 e. The van der Waals surface area contributed by atoms with Crippen LogP contribution in [0, 0.1) is 15.2 Å². The van der Waals surface area contributed by atoms with E-state index in [1.807, 2.05) is 0 Å². The van der Waals surface area contributed by atoms with Crippen molar-refractivity contribution in [3.05, 3.63) is 30.2 Å². The molecule has 0 bridgehead atoms. The van der Waals surface area contributed by atoms with Crippen LogP contribution in [-0.2, 0) is 0 Å². The molecule has 0 atom stereocenters. The van der Waals surface area contributed by atoms with Crippen molar-refractivity contribution in [2.45, 2.75) is 0 Å². The van der Waals surface area contributed by atoms with Crippen molar-refractivity contribution in [3.8, 4) is 0 Å². The van der Waals surface area contributed by atoms with Gasteiger partial charge in [0.25, 0.3) is 0 Å². The summed E-state index contributed by atoms with van der Waals surface area (Å²) < 4.78 is 26.4. The van der Waals surface area contributed by atoms with Gasteiger partial charge in [-0.25, -0.2) is 8.78 Å². The summed E-state index contributed by atoms with van der Waals surface area (Å²) in [6, 6.07) is 1.50. The Morgan fingerprint density at radius 3 is 2.27 bits per heavy atom. The molecule has 0 aliphatic rings. The predicted octanol–water partition coefficient (Wildman–Crippen LogP) is 4.09. The fraction of sp³-hybridized carbons (Fsp3) is 0. The third kappa shape index (κ3) is 1.92. The summed E-state index contributed by atoms with van der Waals surface area (Å²) in [6.45, 7) is 0. The standard InChI is InChI=1S/C6HBr2F2I/c7-2-1-3(11)5(9)6(10)4(2)8/h1H. The Bertz CT molecular complexity index is 275. The average Bonchev–Trinajstić information content (AvgIpc) is 1.97. The van der Waals surface area contributed by atoms with Gasteiger partial charge in [-0.1, -0.05) is 0 Å². The van der Waals surface area contributed by atoms with Crippen LogP contribution in [0.5, 0.6) is 0 Å². The van der Waals surface area contributed by atoms with E-state index in [2.05, 4.69) is 31.9 Å². The highest BCUT2D eigenvalue weighted by atomic mass is 127. The quantitative estimate of drug-likeness (QED) is 0.351. The van der Waals surface area contributed by atoms with Crippen molar-refractivity contribution in [3.63, 3.8) is 0 Å². The lowest BCUT2D eigenvalue weighted by atomic mass is 10.3. The normalized spacial score (nSPS) is 10.3. The lowest BCUT2D eigenvalue weighted by Gasteiger charge is -2.00. The van der Waals surface area contributed by atoms with Crippen LogP contribution in [0.2, 0.25) is 0 Å². The fourth-order valence-corrected chi connectivity index (χ4v) is 2.21. The third-order valence-electron chi connectivity index (χ3n) is 1.06. The minimum atomic E-state index is -0.858. The second-order valence-electron chi connectivity index (χ2n) is 1.78. The van der Waals surface area contributed by atoms with E-state index in [1.165, 1.54) is 6.07 Å². The fourth-order valence-electron chi connectivity index (χ4n) is 0.544. The highest BCUT2D eigenvalue weighted by Crippen LogP contribution is 2.30. The van der Waals surface area contributed by atoms with Gasteiger partial charge in [0.15, 0.2) is 11.6 Å². The molecular formula is C6HBr2F2I. The Kier molecular flexibility index (Phi) is 3.27. The van der Waals surface area contributed by atoms with Gasteiger partial charge in [0.05, 0.1) is 8.04 Å². The molecule has 5 heteroatoms. The Hall–Kier alpha value is 0.770. The molecule has 60 valence electrons. The number of hydrogen-bond donors (Lipinski definition) is 0. The van der Waals surface area contributed by atoms with Gasteiger partial charge in [0, 0.05) is 4.47 Å². The molecule has 0 radical (unpaired) electrons. The minimum Gasteiger partial charge on any atom is -0.203 e. The van der Waals surface area contributed by atoms with Gasteiger partial charge in [-0.15, -0.1) is 0 Å². The van der Waals surface area contributed by atoms with Crippen LogP contribution in [0.25, 0.3) is 0 Å². The lowest BCUT2D eigenvalue weighted by molar-refractivity contribution is 0.498. The number of hydrogen-bond acceptors (Lipinski definition) is 0. The van der Waals surface area contributed by atoms with Gasteiger partial charge in [-0.05, 0) is 60.5 Å². The molecule has 11 heavy (non-hydrogen) atoms. The van der Waals surface area contributed by atoms with Crippen molar-refractivity contribution < 1.29 is 8.78 Å². The van der Waals surface area contributed by atoms with E-state index >= 15 is 0 Å². The van der Waals surface area contributed by atoms with Gasteiger partial charge in [-0.3, -0.25) is 0 Å². The molecule has 0 nitrogen and oxygen atoms in total. The van der Waals surface area contributed by atoms with E-state index in [1.54, 1.807) is 22.6 Å². The first kappa shape index (κ1) is 9.85. The maximum absolute atomic E-state index is 12.8. The van der Waals surface area contributed by atoms with Crippen LogP contribution in [0.4, 0.5) is 8.78 Å². The third-order valence-corrected chi connectivity index (χ3v) is 3.78. The van der Waals surface area contributed by atoms with Crippen LogP contribution >= 0.6 is 54.5 Å². The molecule has 0 spiro atoms. The Morgan fingerprint density at radius 2 is 1.73 bits per heavy atom. The number of rotatable bonds is 0. The number of halogens is 5. The zero-order valence-electron chi connectivity index (χ0n) is 4.97. The summed E-state index contributed by atoms with van der Waals surface area (Å²) in [6.07, 6.45) is 0. The highest BCUT2D eigenvalue weighted by molar-refractivity contribution is 14.1. The topological polar surface area (TPSA) is 0 Å². The van der Waals surface area contributed by atoms with E-state index in [0.29, 0.717) is 4.47 Å². The van der Waals surface area contributed by atoms with Crippen molar-refractivity contribution in [2.75, 3.05) is 0 Å². The molecular weight excluding hydrogens is 397 g/mol. The summed E-state index contributed by atoms with van der Waals surface area (Å²) >= 11 is 7.70. The van der Waals surface area contributed by atoms with E-state index in [9.17, 15) is 8.78 Å². The first-order chi connectivity index (χ1) is 5.04. The van der Waals surface area contributed by atoms with Gasteiger partial charge >= 0.3 is 0 Å². The summed E-state index contributed by atoms with van der Waals surface area (Å²) in [5.74, 6) is -1.68. The predicted molar refractivity (Wildman–Crippen MR) is 54.5 cm³/mol. The summed E-state index contributed by atoms with van der Waals surface area (Å²) in [5, 5.41) is 0. The Morgan fingerprint density at radius 1 is 1.18 bits per heavy atom. The molecule has 0 saturated heterocycles. The van der Waals surface area contributed by atoms with E-state index < -0.39 is 11.6 Å². The lowest BCUT2D eigenvalue weighted by Crippen LogP contribution is -1.90. The maximum atomic E-state index is 12.8. The maximum Gasteiger partial charge on any atom is 0.175 e. The van der Waals surface area contributed by atoms with Crippen molar-refractivity contribution >= 4 is 54.5 Å². The van der Waals surface area contributed by atoms with Gasteiger partial charge in [0.1, 0.15) is 0 Å². The van der Waals surface area contributed by atoms with E-state index in [0.717, 1.165) is 0 Å². The molecule has 0 aliphatic heterocycles. The average molecular weight is 398 g/mol. The van der Waals surface area contributed by atoms with Crippen molar-refractivity contribution in [2.24, 2.45) is 0 Å². The molecule has 0 N–H and O–H groups in total. The van der Waals surface area contributed by atoms with Crippen LogP contribution < -0.4 is 0 Å². The summed E-state index contributed by atoms with van der Waals surface area (Å²) in [5.41, 5.74) is 0. The summed E-state index contributed by atoms with van der Waals surface area (Å²) in [4.78, 5) is 0. The first-order valence-corrected chi connectivity index (χ1v) is 5.19. The number of benzene rings is 1. The van der Waals surface area contributed by atoms with Crippen molar-refractivity contribution in [1.29, 1.82) is 0 Å². The molecule has 1 rings (SSSR count). The second-order valence-corrected chi connectivity index (χ2v) is 4.59. The van der Waals surface area contributed by atoms with Crippen LogP contribution in [0.15, 0.2) is 15.0 Å². The Labute approximate surface area is 92.8 Å². The van der Waals surface area contributed by atoms with Gasteiger partial charge < -0.3 is 0 Å². The van der Waals surface area contributed by atoms with Gasteiger partial charge in [0.2, 0.25) is 0 Å². The minimum absolute atomic E-state index is 0.121. The molecule has 1 aromatic rings. The molecule has 0 aliphatic carbocycles.